The van der Waals surface area contributed by atoms with Gasteiger partial charge in [-0.2, -0.15) is 0 Å². The summed E-state index contributed by atoms with van der Waals surface area (Å²) in [6, 6.07) is 0. The first-order chi connectivity index (χ1) is 7.77. The van der Waals surface area contributed by atoms with Gasteiger partial charge in [0.1, 0.15) is 0 Å². The second-order valence-corrected chi connectivity index (χ2v) is 3.96. The smallest absolute Gasteiger partial charge is 0.303 e. The average molecular weight is 224 g/mol. The summed E-state index contributed by atoms with van der Waals surface area (Å²) in [5, 5.41) is 8.44. The molecule has 0 rings (SSSR count). The van der Waals surface area contributed by atoms with Crippen LogP contribution >= 0.6 is 0 Å². The number of hydrogen-bond donors (Lipinski definition) is 1. The van der Waals surface area contributed by atoms with Crippen molar-refractivity contribution >= 4 is 5.97 Å². The maximum Gasteiger partial charge on any atom is 0.303 e. The third-order valence-electron chi connectivity index (χ3n) is 2.38. The first kappa shape index (κ1) is 14.9. The average Bonchev–Trinajstić information content (AvgIpc) is 2.25. The van der Waals surface area contributed by atoms with Gasteiger partial charge < -0.3 is 5.11 Å². The van der Waals surface area contributed by atoms with Crippen molar-refractivity contribution in [3.05, 3.63) is 24.3 Å². The van der Waals surface area contributed by atoms with Crippen LogP contribution in [0.25, 0.3) is 0 Å². The van der Waals surface area contributed by atoms with Crippen molar-refractivity contribution in [1.29, 1.82) is 0 Å². The van der Waals surface area contributed by atoms with E-state index in [1.807, 2.05) is 0 Å². The Labute approximate surface area is 99.1 Å². The van der Waals surface area contributed by atoms with E-state index in [9.17, 15) is 4.79 Å². The molecule has 0 spiro atoms. The summed E-state index contributed by atoms with van der Waals surface area (Å²) in [5.41, 5.74) is 0. The standard InChI is InChI=1S/C14H24O2/c1-2-3-4-5-6-7-8-9-10-11-12-13-14(15)16/h3-6H,2,7-13H2,1H3,(H,15,16)/b4-3+,6-5+. The van der Waals surface area contributed by atoms with Crippen LogP contribution in [0.2, 0.25) is 0 Å². The molecule has 0 amide bonds. The van der Waals surface area contributed by atoms with Gasteiger partial charge >= 0.3 is 5.97 Å². The van der Waals surface area contributed by atoms with Crippen molar-refractivity contribution in [2.24, 2.45) is 0 Å². The van der Waals surface area contributed by atoms with E-state index in [1.54, 1.807) is 0 Å². The van der Waals surface area contributed by atoms with E-state index in [0.717, 1.165) is 32.1 Å². The van der Waals surface area contributed by atoms with Crippen LogP contribution in [-0.2, 0) is 4.79 Å². The van der Waals surface area contributed by atoms with Gasteiger partial charge in [-0.15, -0.1) is 0 Å². The van der Waals surface area contributed by atoms with Crippen molar-refractivity contribution in [2.45, 2.75) is 58.3 Å². The molecule has 0 saturated carbocycles. The van der Waals surface area contributed by atoms with E-state index < -0.39 is 5.97 Å². The predicted molar refractivity (Wildman–Crippen MR) is 68.5 cm³/mol. The number of carbonyl (C=O) groups is 1. The molecule has 0 aromatic rings. The van der Waals surface area contributed by atoms with Gasteiger partial charge in [0, 0.05) is 6.42 Å². The van der Waals surface area contributed by atoms with Crippen LogP contribution in [0.1, 0.15) is 58.3 Å². The first-order valence-electron chi connectivity index (χ1n) is 6.30. The number of hydrogen-bond acceptors (Lipinski definition) is 1. The SMILES string of the molecule is CC/C=C/C=C/CCCCCCCC(=O)O. The third kappa shape index (κ3) is 12.9. The third-order valence-corrected chi connectivity index (χ3v) is 2.38. The van der Waals surface area contributed by atoms with Gasteiger partial charge in [-0.25, -0.2) is 0 Å². The lowest BCUT2D eigenvalue weighted by Gasteiger charge is -1.97. The molecule has 0 aromatic heterocycles. The summed E-state index contributed by atoms with van der Waals surface area (Å²) in [7, 11) is 0. The summed E-state index contributed by atoms with van der Waals surface area (Å²) in [6.07, 6.45) is 16.5. The lowest BCUT2D eigenvalue weighted by atomic mass is 10.1. The van der Waals surface area contributed by atoms with Crippen molar-refractivity contribution < 1.29 is 9.90 Å². The highest BCUT2D eigenvalue weighted by atomic mass is 16.4. The lowest BCUT2D eigenvalue weighted by molar-refractivity contribution is -0.137. The Balaban J connectivity index is 3.12. The van der Waals surface area contributed by atoms with E-state index in [1.165, 1.54) is 12.8 Å². The minimum atomic E-state index is -0.675. The quantitative estimate of drug-likeness (QED) is 0.443. The van der Waals surface area contributed by atoms with Crippen LogP contribution in [-0.4, -0.2) is 11.1 Å². The van der Waals surface area contributed by atoms with Gasteiger partial charge in [0.15, 0.2) is 0 Å². The number of aliphatic carboxylic acids is 1. The van der Waals surface area contributed by atoms with E-state index in [2.05, 4.69) is 31.2 Å². The summed E-state index contributed by atoms with van der Waals surface area (Å²) < 4.78 is 0. The first-order valence-corrected chi connectivity index (χ1v) is 6.30. The molecule has 0 fully saturated rings. The van der Waals surface area contributed by atoms with Crippen molar-refractivity contribution in [1.82, 2.24) is 0 Å². The number of allylic oxidation sites excluding steroid dienone is 4. The molecule has 0 unspecified atom stereocenters. The fourth-order valence-electron chi connectivity index (χ4n) is 1.46. The molecule has 0 heterocycles. The monoisotopic (exact) mass is 224 g/mol. The summed E-state index contributed by atoms with van der Waals surface area (Å²) in [5.74, 6) is -0.675. The molecule has 0 aliphatic rings. The van der Waals surface area contributed by atoms with Crippen LogP contribution in [0.3, 0.4) is 0 Å². The Morgan fingerprint density at radius 1 is 1.00 bits per heavy atom. The second kappa shape index (κ2) is 12.0. The molecule has 0 bridgehead atoms. The number of carboxylic acid groups (broad SMARTS) is 1. The largest absolute Gasteiger partial charge is 0.481 e. The molecule has 2 nitrogen and oxygen atoms in total. The van der Waals surface area contributed by atoms with Gasteiger partial charge in [0.2, 0.25) is 0 Å². The predicted octanol–water partition coefficient (Wildman–Crippen LogP) is 4.32. The minimum absolute atomic E-state index is 0.321. The number of rotatable bonds is 10. The molecule has 0 aliphatic carbocycles. The van der Waals surface area contributed by atoms with Crippen molar-refractivity contribution in [2.75, 3.05) is 0 Å². The summed E-state index contributed by atoms with van der Waals surface area (Å²) in [6.45, 7) is 2.13. The highest BCUT2D eigenvalue weighted by Crippen LogP contribution is 2.07. The molecule has 16 heavy (non-hydrogen) atoms. The van der Waals surface area contributed by atoms with E-state index in [0.29, 0.717) is 6.42 Å². The topological polar surface area (TPSA) is 37.3 Å². The molecular weight excluding hydrogens is 200 g/mol. The minimum Gasteiger partial charge on any atom is -0.481 e. The Bertz CT molecular complexity index is 217. The maximum absolute atomic E-state index is 10.2. The number of carboxylic acids is 1. The van der Waals surface area contributed by atoms with E-state index >= 15 is 0 Å². The second-order valence-electron chi connectivity index (χ2n) is 3.96. The molecule has 1 N–H and O–H groups in total. The Kier molecular flexibility index (Phi) is 11.2. The van der Waals surface area contributed by atoms with E-state index in [-0.39, 0.29) is 0 Å². The van der Waals surface area contributed by atoms with Gasteiger partial charge in [-0.05, 0) is 25.7 Å². The highest BCUT2D eigenvalue weighted by molar-refractivity contribution is 5.66. The van der Waals surface area contributed by atoms with E-state index in [4.69, 9.17) is 5.11 Å². The zero-order valence-corrected chi connectivity index (χ0v) is 10.3. The van der Waals surface area contributed by atoms with Crippen LogP contribution < -0.4 is 0 Å². The van der Waals surface area contributed by atoms with Crippen LogP contribution in [0.4, 0.5) is 0 Å². The maximum atomic E-state index is 10.2. The summed E-state index contributed by atoms with van der Waals surface area (Å²) >= 11 is 0. The van der Waals surface area contributed by atoms with Crippen molar-refractivity contribution in [3.63, 3.8) is 0 Å². The van der Waals surface area contributed by atoms with Crippen LogP contribution in [0.5, 0.6) is 0 Å². The normalized spacial score (nSPS) is 11.6. The fourth-order valence-corrected chi connectivity index (χ4v) is 1.46. The molecule has 0 atom stereocenters. The molecule has 0 saturated heterocycles. The zero-order valence-electron chi connectivity index (χ0n) is 10.3. The Hall–Kier alpha value is -1.05. The molecular formula is C14H24O2. The van der Waals surface area contributed by atoms with Gasteiger partial charge in [0.25, 0.3) is 0 Å². The highest BCUT2D eigenvalue weighted by Gasteiger charge is 1.95. The van der Waals surface area contributed by atoms with Crippen LogP contribution in [0, 0.1) is 0 Å². The van der Waals surface area contributed by atoms with Gasteiger partial charge in [0.05, 0.1) is 0 Å². The molecule has 2 heteroatoms. The molecule has 92 valence electrons. The Morgan fingerprint density at radius 2 is 1.62 bits per heavy atom. The zero-order chi connectivity index (χ0) is 12.1. The number of unbranched alkanes of at least 4 members (excludes halogenated alkanes) is 5. The van der Waals surface area contributed by atoms with Crippen LogP contribution in [0.15, 0.2) is 24.3 Å². The van der Waals surface area contributed by atoms with Gasteiger partial charge in [-0.1, -0.05) is 50.5 Å². The molecule has 0 radical (unpaired) electrons. The van der Waals surface area contributed by atoms with Crippen molar-refractivity contribution in [3.8, 4) is 0 Å². The Morgan fingerprint density at radius 3 is 2.31 bits per heavy atom. The molecule has 0 aliphatic heterocycles. The summed E-state index contributed by atoms with van der Waals surface area (Å²) in [4.78, 5) is 10.2. The fraction of sp³-hybridized carbons (Fsp3) is 0.643. The molecule has 0 aromatic carbocycles. The lowest BCUT2D eigenvalue weighted by Crippen LogP contribution is -1.93. The van der Waals surface area contributed by atoms with Gasteiger partial charge in [-0.3, -0.25) is 4.79 Å².